The van der Waals surface area contributed by atoms with E-state index in [0.717, 1.165) is 29.8 Å². The van der Waals surface area contributed by atoms with Gasteiger partial charge in [-0.05, 0) is 52.8 Å². The minimum Gasteiger partial charge on any atom is -0.372 e. The van der Waals surface area contributed by atoms with E-state index in [4.69, 9.17) is 4.42 Å². The molecule has 0 bridgehead atoms. The van der Waals surface area contributed by atoms with Gasteiger partial charge in [-0.25, -0.2) is 4.42 Å². The summed E-state index contributed by atoms with van der Waals surface area (Å²) in [6.45, 7) is 12.9. The Hall–Kier alpha value is -1.57. The maximum Gasteiger partial charge on any atom is 0.362 e. The van der Waals surface area contributed by atoms with Crippen molar-refractivity contribution in [3.8, 4) is 0 Å². The highest BCUT2D eigenvalue weighted by molar-refractivity contribution is 5.80. The maximum absolute atomic E-state index is 6.08. The first-order valence-corrected chi connectivity index (χ1v) is 7.08. The van der Waals surface area contributed by atoms with Crippen LogP contribution in [0.15, 0.2) is 34.7 Å². The largest absolute Gasteiger partial charge is 0.372 e. The standard InChI is InChI=1S/C17H24NO/c1-6-18(7-2)14-10-8-13-9-11-16(17(3,4)5)19-15(13)12-14/h8-12H,6-7H2,1-5H3/q+1. The van der Waals surface area contributed by atoms with Crippen LogP contribution in [0, 0.1) is 0 Å². The summed E-state index contributed by atoms with van der Waals surface area (Å²) in [6.07, 6.45) is 0. The number of rotatable bonds is 3. The van der Waals surface area contributed by atoms with Crippen molar-refractivity contribution in [1.82, 2.24) is 0 Å². The molecular formula is C17H24NO+. The molecule has 0 atom stereocenters. The van der Waals surface area contributed by atoms with Gasteiger partial charge in [0.25, 0.3) is 0 Å². The molecule has 0 saturated heterocycles. The lowest BCUT2D eigenvalue weighted by Crippen LogP contribution is -2.21. The van der Waals surface area contributed by atoms with Gasteiger partial charge in [0.15, 0.2) is 0 Å². The van der Waals surface area contributed by atoms with Crippen molar-refractivity contribution in [3.05, 3.63) is 36.1 Å². The van der Waals surface area contributed by atoms with E-state index in [-0.39, 0.29) is 5.41 Å². The van der Waals surface area contributed by atoms with E-state index >= 15 is 0 Å². The van der Waals surface area contributed by atoms with Crippen molar-refractivity contribution >= 4 is 16.7 Å². The molecule has 0 saturated carbocycles. The van der Waals surface area contributed by atoms with Crippen LogP contribution in [0.2, 0.25) is 0 Å². The molecule has 0 fully saturated rings. The smallest absolute Gasteiger partial charge is 0.362 e. The number of anilines is 1. The Balaban J connectivity index is 2.51. The van der Waals surface area contributed by atoms with E-state index in [1.165, 1.54) is 5.69 Å². The van der Waals surface area contributed by atoms with E-state index in [1.807, 2.05) is 0 Å². The molecule has 1 heterocycles. The number of hydrogen-bond acceptors (Lipinski definition) is 1. The van der Waals surface area contributed by atoms with Gasteiger partial charge >= 0.3 is 11.3 Å². The van der Waals surface area contributed by atoms with Gasteiger partial charge in [-0.3, -0.25) is 0 Å². The van der Waals surface area contributed by atoms with Crippen LogP contribution < -0.4 is 4.90 Å². The fourth-order valence-corrected chi connectivity index (χ4v) is 2.26. The quantitative estimate of drug-likeness (QED) is 0.730. The van der Waals surface area contributed by atoms with Crippen LogP contribution in [0.25, 0.3) is 11.0 Å². The fourth-order valence-electron chi connectivity index (χ4n) is 2.26. The first-order chi connectivity index (χ1) is 8.95. The Morgan fingerprint density at radius 1 is 1.00 bits per heavy atom. The zero-order valence-electron chi connectivity index (χ0n) is 12.7. The highest BCUT2D eigenvalue weighted by Gasteiger charge is 2.27. The summed E-state index contributed by atoms with van der Waals surface area (Å²) in [5, 5.41) is 1.16. The predicted molar refractivity (Wildman–Crippen MR) is 82.9 cm³/mol. The monoisotopic (exact) mass is 258 g/mol. The Bertz CT molecular complexity index is 565. The first kappa shape index (κ1) is 13.9. The van der Waals surface area contributed by atoms with Crippen molar-refractivity contribution < 1.29 is 4.42 Å². The van der Waals surface area contributed by atoms with Crippen molar-refractivity contribution in [2.75, 3.05) is 18.0 Å². The average Bonchev–Trinajstić information content (AvgIpc) is 2.38. The molecule has 0 aliphatic heterocycles. The molecule has 0 amide bonds. The van der Waals surface area contributed by atoms with Crippen LogP contribution in [0.1, 0.15) is 40.4 Å². The van der Waals surface area contributed by atoms with E-state index in [9.17, 15) is 0 Å². The van der Waals surface area contributed by atoms with E-state index in [2.05, 4.69) is 69.9 Å². The molecule has 1 aromatic carbocycles. The number of nitrogens with zero attached hydrogens (tertiary/aromatic N) is 1. The molecule has 2 nitrogen and oxygen atoms in total. The molecule has 2 rings (SSSR count). The van der Waals surface area contributed by atoms with Gasteiger partial charge in [-0.15, -0.1) is 0 Å². The van der Waals surface area contributed by atoms with Gasteiger partial charge in [0.2, 0.25) is 0 Å². The molecule has 19 heavy (non-hydrogen) atoms. The minimum atomic E-state index is 0.0411. The normalized spacial score (nSPS) is 11.8. The summed E-state index contributed by atoms with van der Waals surface area (Å²) < 4.78 is 6.08. The lowest BCUT2D eigenvalue weighted by molar-refractivity contribution is 0.422. The highest BCUT2D eigenvalue weighted by Crippen LogP contribution is 2.28. The van der Waals surface area contributed by atoms with Gasteiger partial charge < -0.3 is 4.90 Å². The second kappa shape index (κ2) is 5.20. The number of fused-ring (bicyclic) bond motifs is 1. The molecule has 0 aliphatic carbocycles. The van der Waals surface area contributed by atoms with Crippen molar-refractivity contribution in [3.63, 3.8) is 0 Å². The molecular weight excluding hydrogens is 234 g/mol. The van der Waals surface area contributed by atoms with Crippen LogP contribution in [0.5, 0.6) is 0 Å². The van der Waals surface area contributed by atoms with Crippen LogP contribution in [0.3, 0.4) is 0 Å². The molecule has 0 radical (unpaired) electrons. The van der Waals surface area contributed by atoms with Crippen LogP contribution in [-0.2, 0) is 5.41 Å². The molecule has 0 N–H and O–H groups in total. The van der Waals surface area contributed by atoms with Gasteiger partial charge in [-0.1, -0.05) is 0 Å². The van der Waals surface area contributed by atoms with Crippen molar-refractivity contribution in [2.24, 2.45) is 0 Å². The van der Waals surface area contributed by atoms with Gasteiger partial charge in [0.05, 0.1) is 16.9 Å². The van der Waals surface area contributed by atoms with Gasteiger partial charge in [0.1, 0.15) is 0 Å². The molecule has 2 aromatic rings. The molecule has 0 spiro atoms. The SMILES string of the molecule is CCN(CC)c1ccc2ccc(C(C)(C)C)[o+]c2c1. The topological polar surface area (TPSA) is 14.5 Å². The number of hydrogen-bond donors (Lipinski definition) is 0. The Morgan fingerprint density at radius 2 is 1.63 bits per heavy atom. The summed E-state index contributed by atoms with van der Waals surface area (Å²) in [5.74, 6) is 1.02. The lowest BCUT2D eigenvalue weighted by Gasteiger charge is -2.20. The Kier molecular flexibility index (Phi) is 3.79. The summed E-state index contributed by atoms with van der Waals surface area (Å²) in [4.78, 5) is 2.33. The summed E-state index contributed by atoms with van der Waals surface area (Å²) in [5.41, 5.74) is 2.24. The number of benzene rings is 1. The third-order valence-electron chi connectivity index (χ3n) is 3.50. The van der Waals surface area contributed by atoms with Crippen LogP contribution >= 0.6 is 0 Å². The summed E-state index contributed by atoms with van der Waals surface area (Å²) >= 11 is 0. The third kappa shape index (κ3) is 2.89. The summed E-state index contributed by atoms with van der Waals surface area (Å²) in [6, 6.07) is 10.7. The second-order valence-corrected chi connectivity index (χ2v) is 5.94. The Morgan fingerprint density at radius 3 is 2.21 bits per heavy atom. The van der Waals surface area contributed by atoms with E-state index in [0.29, 0.717) is 0 Å². The van der Waals surface area contributed by atoms with E-state index in [1.54, 1.807) is 0 Å². The van der Waals surface area contributed by atoms with Crippen LogP contribution in [-0.4, -0.2) is 13.1 Å². The maximum atomic E-state index is 6.08. The Labute approximate surface area is 116 Å². The molecule has 0 unspecified atom stereocenters. The van der Waals surface area contributed by atoms with Crippen molar-refractivity contribution in [2.45, 2.75) is 40.0 Å². The average molecular weight is 258 g/mol. The zero-order valence-corrected chi connectivity index (χ0v) is 12.7. The van der Waals surface area contributed by atoms with Gasteiger partial charge in [-0.2, -0.15) is 0 Å². The van der Waals surface area contributed by atoms with Gasteiger partial charge in [0, 0.05) is 24.8 Å². The second-order valence-electron chi connectivity index (χ2n) is 5.94. The molecule has 2 heteroatoms. The highest BCUT2D eigenvalue weighted by atomic mass is 16.3. The summed E-state index contributed by atoms with van der Waals surface area (Å²) in [7, 11) is 0. The first-order valence-electron chi connectivity index (χ1n) is 7.08. The third-order valence-corrected chi connectivity index (χ3v) is 3.50. The molecule has 0 aliphatic rings. The van der Waals surface area contributed by atoms with Crippen molar-refractivity contribution in [1.29, 1.82) is 0 Å². The fraction of sp³-hybridized carbons (Fsp3) is 0.471. The molecule has 1 aromatic heterocycles. The predicted octanol–water partition coefficient (Wildman–Crippen LogP) is 4.86. The van der Waals surface area contributed by atoms with E-state index < -0.39 is 0 Å². The molecule has 102 valence electrons. The van der Waals surface area contributed by atoms with Crippen LogP contribution in [0.4, 0.5) is 5.69 Å². The minimum absolute atomic E-state index is 0.0411. The zero-order chi connectivity index (χ0) is 14.0. The lowest BCUT2D eigenvalue weighted by atomic mass is 9.93.